The van der Waals surface area contributed by atoms with Crippen molar-refractivity contribution in [3.8, 4) is 10.6 Å². The minimum atomic E-state index is -0.928. The first-order chi connectivity index (χ1) is 13.0. The minimum absolute atomic E-state index is 0.0336. The summed E-state index contributed by atoms with van der Waals surface area (Å²) < 4.78 is 1.62. The molecule has 6 nitrogen and oxygen atoms in total. The van der Waals surface area contributed by atoms with Crippen LogP contribution >= 0.6 is 11.3 Å². The van der Waals surface area contributed by atoms with Crippen LogP contribution in [0.15, 0.2) is 47.8 Å². The van der Waals surface area contributed by atoms with E-state index >= 15 is 0 Å². The number of aromatic carboxylic acids is 1. The number of benzene rings is 1. The second-order valence-electron chi connectivity index (χ2n) is 6.64. The molecule has 3 heterocycles. The van der Waals surface area contributed by atoms with Gasteiger partial charge in [-0.1, -0.05) is 24.3 Å². The van der Waals surface area contributed by atoms with Crippen molar-refractivity contribution in [1.82, 2.24) is 14.7 Å². The fourth-order valence-electron chi connectivity index (χ4n) is 3.62. The average molecular weight is 381 g/mol. The van der Waals surface area contributed by atoms with Gasteiger partial charge in [0.05, 0.1) is 10.4 Å². The molecule has 0 spiro atoms. The van der Waals surface area contributed by atoms with Gasteiger partial charge < -0.3 is 10.0 Å². The normalized spacial score (nSPS) is 16.6. The van der Waals surface area contributed by atoms with Gasteiger partial charge in [-0.25, -0.2) is 4.79 Å². The number of hydrogen-bond acceptors (Lipinski definition) is 4. The predicted molar refractivity (Wildman–Crippen MR) is 103 cm³/mol. The van der Waals surface area contributed by atoms with Crippen molar-refractivity contribution < 1.29 is 14.7 Å². The van der Waals surface area contributed by atoms with Gasteiger partial charge in [0.1, 0.15) is 11.4 Å². The van der Waals surface area contributed by atoms with Crippen LogP contribution < -0.4 is 0 Å². The number of hydrogen-bond donors (Lipinski definition) is 1. The Balaban J connectivity index is 1.55. The molecule has 3 aromatic rings. The molecule has 0 radical (unpaired) electrons. The third-order valence-corrected chi connectivity index (χ3v) is 5.87. The van der Waals surface area contributed by atoms with Gasteiger partial charge in [-0.05, 0) is 35.6 Å². The van der Waals surface area contributed by atoms with Gasteiger partial charge in [-0.15, -0.1) is 11.3 Å². The van der Waals surface area contributed by atoms with Gasteiger partial charge in [-0.2, -0.15) is 5.10 Å². The van der Waals surface area contributed by atoms with Gasteiger partial charge in [0.25, 0.3) is 5.91 Å². The van der Waals surface area contributed by atoms with E-state index in [1.165, 1.54) is 0 Å². The van der Waals surface area contributed by atoms with Crippen LogP contribution in [-0.2, 0) is 7.05 Å². The predicted octanol–water partition coefficient (Wildman–Crippen LogP) is 3.48. The molecule has 1 aliphatic heterocycles. The van der Waals surface area contributed by atoms with Crippen LogP contribution in [0.1, 0.15) is 38.7 Å². The number of carbonyl (C=O) groups is 2. The average Bonchev–Trinajstić information content (AvgIpc) is 3.41. The maximum atomic E-state index is 13.0. The first kappa shape index (κ1) is 17.5. The summed E-state index contributed by atoms with van der Waals surface area (Å²) in [6.45, 7) is 1.12. The lowest BCUT2D eigenvalue weighted by Gasteiger charge is -2.17. The Bertz CT molecular complexity index is 994. The monoisotopic (exact) mass is 381 g/mol. The van der Waals surface area contributed by atoms with E-state index in [1.807, 2.05) is 35.7 Å². The van der Waals surface area contributed by atoms with E-state index in [1.54, 1.807) is 40.1 Å². The number of aromatic nitrogens is 2. The third-order valence-electron chi connectivity index (χ3n) is 4.98. The summed E-state index contributed by atoms with van der Waals surface area (Å²) in [7, 11) is 1.78. The maximum absolute atomic E-state index is 13.0. The number of carboxylic acid groups (broad SMARTS) is 1. The second kappa shape index (κ2) is 7.00. The van der Waals surface area contributed by atoms with Crippen molar-refractivity contribution in [1.29, 1.82) is 0 Å². The van der Waals surface area contributed by atoms with E-state index in [9.17, 15) is 14.7 Å². The number of thiophene rings is 1. The van der Waals surface area contributed by atoms with Gasteiger partial charge >= 0.3 is 5.97 Å². The molecule has 1 atom stereocenters. The van der Waals surface area contributed by atoms with Crippen LogP contribution in [0.3, 0.4) is 0 Å². The van der Waals surface area contributed by atoms with Crippen molar-refractivity contribution in [3.05, 3.63) is 64.7 Å². The molecule has 4 rings (SSSR count). The summed E-state index contributed by atoms with van der Waals surface area (Å²) in [5.74, 6) is -0.961. The first-order valence-electron chi connectivity index (χ1n) is 8.74. The Morgan fingerprint density at radius 2 is 2.04 bits per heavy atom. The zero-order valence-corrected chi connectivity index (χ0v) is 15.6. The highest BCUT2D eigenvalue weighted by Gasteiger charge is 2.31. The molecule has 1 fully saturated rings. The number of carbonyl (C=O) groups excluding carboxylic acids is 1. The van der Waals surface area contributed by atoms with Crippen LogP contribution in [0.5, 0.6) is 0 Å². The van der Waals surface area contributed by atoms with Crippen molar-refractivity contribution in [2.24, 2.45) is 7.05 Å². The van der Waals surface area contributed by atoms with Gasteiger partial charge in [0, 0.05) is 26.1 Å². The molecule has 1 N–H and O–H groups in total. The van der Waals surface area contributed by atoms with Crippen molar-refractivity contribution >= 4 is 23.2 Å². The number of amides is 1. The smallest absolute Gasteiger partial charge is 0.335 e. The Labute approximate surface area is 160 Å². The second-order valence-corrected chi connectivity index (χ2v) is 7.59. The summed E-state index contributed by atoms with van der Waals surface area (Å²) in [5, 5.41) is 15.9. The lowest BCUT2D eigenvalue weighted by molar-refractivity contribution is 0.0695. The van der Waals surface area contributed by atoms with Crippen LogP contribution in [0.4, 0.5) is 0 Å². The molecule has 7 heteroatoms. The van der Waals surface area contributed by atoms with E-state index in [0.29, 0.717) is 24.3 Å². The van der Waals surface area contributed by atoms with Gasteiger partial charge in [0.15, 0.2) is 0 Å². The topological polar surface area (TPSA) is 75.4 Å². The SMILES string of the molecule is Cn1nc(-c2cccs2)cc1C(=O)N1CCC(c2ccccc2C(=O)O)C1. The molecular weight excluding hydrogens is 362 g/mol. The molecule has 0 bridgehead atoms. The Hall–Kier alpha value is -2.93. The molecule has 1 amide bonds. The zero-order valence-electron chi connectivity index (χ0n) is 14.8. The molecule has 0 saturated carbocycles. The van der Waals surface area contributed by atoms with E-state index in [2.05, 4.69) is 5.10 Å². The van der Waals surface area contributed by atoms with Crippen LogP contribution in [0.2, 0.25) is 0 Å². The summed E-state index contributed by atoms with van der Waals surface area (Å²) in [4.78, 5) is 27.3. The van der Waals surface area contributed by atoms with E-state index in [4.69, 9.17) is 0 Å². The standard InChI is InChI=1S/C20H19N3O3S/c1-22-17(11-16(21-22)18-7-4-10-27-18)19(24)23-9-8-13(12-23)14-5-2-3-6-15(14)20(25)26/h2-7,10-11,13H,8-9,12H2,1H3,(H,25,26). The lowest BCUT2D eigenvalue weighted by atomic mass is 9.93. The largest absolute Gasteiger partial charge is 0.478 e. The fourth-order valence-corrected chi connectivity index (χ4v) is 4.30. The summed E-state index contributed by atoms with van der Waals surface area (Å²) >= 11 is 1.59. The number of nitrogens with zero attached hydrogens (tertiary/aromatic N) is 3. The third kappa shape index (κ3) is 3.26. The quantitative estimate of drug-likeness (QED) is 0.751. The fraction of sp³-hybridized carbons (Fsp3) is 0.250. The number of carboxylic acids is 1. The zero-order chi connectivity index (χ0) is 19.0. The highest BCUT2D eigenvalue weighted by Crippen LogP contribution is 2.31. The maximum Gasteiger partial charge on any atom is 0.335 e. The van der Waals surface area contributed by atoms with Crippen LogP contribution in [-0.4, -0.2) is 44.8 Å². The molecule has 27 heavy (non-hydrogen) atoms. The summed E-state index contributed by atoms with van der Waals surface area (Å²) in [6.07, 6.45) is 0.756. The van der Waals surface area contributed by atoms with Crippen molar-refractivity contribution in [2.45, 2.75) is 12.3 Å². The van der Waals surface area contributed by atoms with Crippen molar-refractivity contribution in [3.63, 3.8) is 0 Å². The Morgan fingerprint density at radius 3 is 2.78 bits per heavy atom. The van der Waals surface area contributed by atoms with Crippen LogP contribution in [0, 0.1) is 0 Å². The van der Waals surface area contributed by atoms with E-state index < -0.39 is 5.97 Å². The van der Waals surface area contributed by atoms with E-state index in [0.717, 1.165) is 22.6 Å². The summed E-state index contributed by atoms with van der Waals surface area (Å²) in [6, 6.07) is 12.8. The van der Waals surface area contributed by atoms with Crippen LogP contribution in [0.25, 0.3) is 10.6 Å². The molecule has 1 aliphatic rings. The van der Waals surface area contributed by atoms with Gasteiger partial charge in [-0.3, -0.25) is 9.48 Å². The molecule has 1 aromatic carbocycles. The number of likely N-dealkylation sites (tertiary alicyclic amines) is 1. The molecule has 2 aromatic heterocycles. The Kier molecular flexibility index (Phi) is 4.53. The molecular formula is C20H19N3O3S. The Morgan fingerprint density at radius 1 is 1.22 bits per heavy atom. The first-order valence-corrected chi connectivity index (χ1v) is 9.62. The van der Waals surface area contributed by atoms with Gasteiger partial charge in [0.2, 0.25) is 0 Å². The molecule has 1 unspecified atom stereocenters. The number of aryl methyl sites for hydroxylation is 1. The molecule has 138 valence electrons. The highest BCUT2D eigenvalue weighted by atomic mass is 32.1. The molecule has 1 saturated heterocycles. The number of rotatable bonds is 4. The van der Waals surface area contributed by atoms with E-state index in [-0.39, 0.29) is 11.8 Å². The molecule has 0 aliphatic carbocycles. The van der Waals surface area contributed by atoms with Crippen molar-refractivity contribution in [2.75, 3.05) is 13.1 Å². The highest BCUT2D eigenvalue weighted by molar-refractivity contribution is 7.13. The lowest BCUT2D eigenvalue weighted by Crippen LogP contribution is -2.30. The minimum Gasteiger partial charge on any atom is -0.478 e. The summed E-state index contributed by atoms with van der Waals surface area (Å²) in [5.41, 5.74) is 2.45.